The van der Waals surface area contributed by atoms with Crippen LogP contribution in [0.15, 0.2) is 16.8 Å². The number of methoxy groups -OCH3 is 1. The van der Waals surface area contributed by atoms with E-state index in [4.69, 9.17) is 9.72 Å². The summed E-state index contributed by atoms with van der Waals surface area (Å²) in [5.41, 5.74) is 5.87. The highest BCUT2D eigenvalue weighted by atomic mass is 32.1. The van der Waals surface area contributed by atoms with Gasteiger partial charge in [0.05, 0.1) is 23.7 Å². The second kappa shape index (κ2) is 6.95. The van der Waals surface area contributed by atoms with Crippen molar-refractivity contribution >= 4 is 22.7 Å². The van der Waals surface area contributed by atoms with Gasteiger partial charge in [-0.1, -0.05) is 0 Å². The summed E-state index contributed by atoms with van der Waals surface area (Å²) in [4.78, 5) is 9.35. The Hall–Kier alpha value is -1.50. The summed E-state index contributed by atoms with van der Waals surface area (Å²) in [5.74, 6) is 0. The first-order chi connectivity index (χ1) is 11.1. The van der Waals surface area contributed by atoms with Gasteiger partial charge in [0, 0.05) is 47.1 Å². The van der Waals surface area contributed by atoms with Crippen LogP contribution in [-0.2, 0) is 17.7 Å². The lowest BCUT2D eigenvalue weighted by molar-refractivity contribution is 0.186. The number of nitrogens with zero attached hydrogens (tertiary/aromatic N) is 3. The molecule has 0 unspecified atom stereocenters. The third-order valence-electron chi connectivity index (χ3n) is 3.89. The van der Waals surface area contributed by atoms with Crippen molar-refractivity contribution in [3.8, 4) is 11.3 Å². The Balaban J connectivity index is 1.82. The molecule has 0 bridgehead atoms. The molecule has 0 N–H and O–H groups in total. The summed E-state index contributed by atoms with van der Waals surface area (Å²) in [7, 11) is 1.74. The molecule has 0 aliphatic heterocycles. The second-order valence-corrected chi connectivity index (χ2v) is 7.50. The van der Waals surface area contributed by atoms with E-state index in [9.17, 15) is 0 Å². The van der Waals surface area contributed by atoms with Crippen molar-refractivity contribution in [1.29, 1.82) is 0 Å². The molecule has 6 heteroatoms. The molecule has 122 valence electrons. The summed E-state index contributed by atoms with van der Waals surface area (Å²) in [6.07, 6.45) is 0.825. The summed E-state index contributed by atoms with van der Waals surface area (Å²) < 4.78 is 7.50. The molecule has 0 aliphatic carbocycles. The van der Waals surface area contributed by atoms with Crippen molar-refractivity contribution in [2.75, 3.05) is 13.7 Å². The van der Waals surface area contributed by atoms with Crippen LogP contribution in [0.4, 0.5) is 0 Å². The number of aromatic nitrogens is 3. The van der Waals surface area contributed by atoms with Gasteiger partial charge >= 0.3 is 0 Å². The van der Waals surface area contributed by atoms with Crippen LogP contribution in [0, 0.1) is 20.8 Å². The van der Waals surface area contributed by atoms with Crippen LogP contribution < -0.4 is 0 Å². The minimum absolute atomic E-state index is 0.724. The van der Waals surface area contributed by atoms with Crippen molar-refractivity contribution in [2.45, 2.75) is 33.7 Å². The van der Waals surface area contributed by atoms with E-state index < -0.39 is 0 Å². The average molecular weight is 348 g/mol. The lowest BCUT2D eigenvalue weighted by atomic mass is 10.2. The fourth-order valence-corrected chi connectivity index (χ4v) is 4.38. The van der Waals surface area contributed by atoms with E-state index in [1.165, 1.54) is 17.0 Å². The zero-order chi connectivity index (χ0) is 16.4. The van der Waals surface area contributed by atoms with Gasteiger partial charge in [0.15, 0.2) is 0 Å². The molecular formula is C17H21N3OS2. The first-order valence-corrected chi connectivity index (χ1v) is 9.36. The standard InChI is InChI=1S/C17H21N3OS2/c1-11-9-22-16(18-11)8-17-19-15(10-23-17)14-7-12(2)20(13(14)3)5-6-21-4/h7,9-10H,5-6,8H2,1-4H3. The Morgan fingerprint density at radius 1 is 1.09 bits per heavy atom. The number of rotatable bonds is 6. The first kappa shape index (κ1) is 16.4. The normalized spacial score (nSPS) is 11.3. The van der Waals surface area contributed by atoms with Gasteiger partial charge in [-0.3, -0.25) is 0 Å². The van der Waals surface area contributed by atoms with Gasteiger partial charge in [-0.05, 0) is 26.8 Å². The highest BCUT2D eigenvalue weighted by Gasteiger charge is 2.14. The molecule has 3 heterocycles. The molecule has 0 spiro atoms. The summed E-state index contributed by atoms with van der Waals surface area (Å²) in [5, 5.41) is 6.50. The van der Waals surface area contributed by atoms with Crippen LogP contribution in [0.1, 0.15) is 27.1 Å². The van der Waals surface area contributed by atoms with E-state index in [2.05, 4.69) is 40.2 Å². The van der Waals surface area contributed by atoms with Gasteiger partial charge in [-0.25, -0.2) is 9.97 Å². The van der Waals surface area contributed by atoms with Gasteiger partial charge in [0.2, 0.25) is 0 Å². The van der Waals surface area contributed by atoms with Crippen LogP contribution in [0.5, 0.6) is 0 Å². The van der Waals surface area contributed by atoms with Crippen molar-refractivity contribution in [1.82, 2.24) is 14.5 Å². The molecule has 3 rings (SSSR count). The summed E-state index contributed by atoms with van der Waals surface area (Å²) in [6.45, 7) is 7.92. The van der Waals surface area contributed by atoms with Crippen molar-refractivity contribution in [3.05, 3.63) is 43.9 Å². The van der Waals surface area contributed by atoms with E-state index in [0.717, 1.165) is 41.0 Å². The lowest BCUT2D eigenvalue weighted by Gasteiger charge is -2.08. The van der Waals surface area contributed by atoms with Gasteiger partial charge in [-0.2, -0.15) is 0 Å². The molecule has 23 heavy (non-hydrogen) atoms. The molecule has 0 fully saturated rings. The lowest BCUT2D eigenvalue weighted by Crippen LogP contribution is -2.07. The van der Waals surface area contributed by atoms with E-state index in [0.29, 0.717) is 0 Å². The number of hydrogen-bond acceptors (Lipinski definition) is 5. The molecule has 3 aromatic heterocycles. The molecule has 0 atom stereocenters. The van der Waals surface area contributed by atoms with Gasteiger partial charge in [0.1, 0.15) is 5.01 Å². The Morgan fingerprint density at radius 2 is 1.83 bits per heavy atom. The van der Waals surface area contributed by atoms with Gasteiger partial charge in [-0.15, -0.1) is 22.7 Å². The second-order valence-electron chi connectivity index (χ2n) is 5.62. The van der Waals surface area contributed by atoms with Crippen LogP contribution in [0.2, 0.25) is 0 Å². The summed E-state index contributed by atoms with van der Waals surface area (Å²) >= 11 is 3.42. The molecule has 0 saturated carbocycles. The zero-order valence-corrected chi connectivity index (χ0v) is 15.6. The molecule has 0 aromatic carbocycles. The molecule has 4 nitrogen and oxygen atoms in total. The highest BCUT2D eigenvalue weighted by molar-refractivity contribution is 7.11. The first-order valence-electron chi connectivity index (χ1n) is 7.60. The van der Waals surface area contributed by atoms with Crippen LogP contribution in [0.25, 0.3) is 11.3 Å². The topological polar surface area (TPSA) is 39.9 Å². The minimum Gasteiger partial charge on any atom is -0.383 e. The Labute approximate surface area is 144 Å². The van der Waals surface area contributed by atoms with Crippen LogP contribution in [-0.4, -0.2) is 28.3 Å². The number of ether oxygens (including phenoxy) is 1. The fourth-order valence-electron chi connectivity index (χ4n) is 2.72. The van der Waals surface area contributed by atoms with Gasteiger partial charge in [0.25, 0.3) is 0 Å². The van der Waals surface area contributed by atoms with Gasteiger partial charge < -0.3 is 9.30 Å². The maximum atomic E-state index is 5.20. The number of thiazole rings is 2. The smallest absolute Gasteiger partial charge is 0.100 e. The Bertz CT molecular complexity index is 801. The Kier molecular flexibility index (Phi) is 4.94. The zero-order valence-electron chi connectivity index (χ0n) is 13.9. The molecule has 0 aliphatic rings. The largest absolute Gasteiger partial charge is 0.383 e. The average Bonchev–Trinajstić information content (AvgIpc) is 3.20. The van der Waals surface area contributed by atoms with E-state index >= 15 is 0 Å². The van der Waals surface area contributed by atoms with Crippen molar-refractivity contribution < 1.29 is 4.74 Å². The maximum Gasteiger partial charge on any atom is 0.100 e. The molecular weight excluding hydrogens is 326 g/mol. The predicted octanol–water partition coefficient (Wildman–Crippen LogP) is 4.23. The quantitative estimate of drug-likeness (QED) is 0.670. The molecule has 0 saturated heterocycles. The van der Waals surface area contributed by atoms with E-state index in [1.54, 1.807) is 29.8 Å². The van der Waals surface area contributed by atoms with Crippen molar-refractivity contribution in [3.63, 3.8) is 0 Å². The van der Waals surface area contributed by atoms with Crippen LogP contribution >= 0.6 is 22.7 Å². The maximum absolute atomic E-state index is 5.20. The Morgan fingerprint density at radius 3 is 2.52 bits per heavy atom. The van der Waals surface area contributed by atoms with Crippen molar-refractivity contribution in [2.24, 2.45) is 0 Å². The van der Waals surface area contributed by atoms with Crippen LogP contribution in [0.3, 0.4) is 0 Å². The molecule has 3 aromatic rings. The van der Waals surface area contributed by atoms with E-state index in [1.807, 2.05) is 6.92 Å². The summed E-state index contributed by atoms with van der Waals surface area (Å²) in [6, 6.07) is 2.22. The fraction of sp³-hybridized carbons (Fsp3) is 0.412. The minimum atomic E-state index is 0.724. The third-order valence-corrected chi connectivity index (χ3v) is 5.70. The van der Waals surface area contributed by atoms with E-state index in [-0.39, 0.29) is 0 Å². The number of aryl methyl sites for hydroxylation is 2. The SMILES string of the molecule is COCCn1c(C)cc(-c2csc(Cc3nc(C)cs3)n2)c1C. The predicted molar refractivity (Wildman–Crippen MR) is 96.5 cm³/mol. The highest BCUT2D eigenvalue weighted by Crippen LogP contribution is 2.29. The monoisotopic (exact) mass is 347 g/mol. The number of hydrogen-bond donors (Lipinski definition) is 0. The molecule has 0 radical (unpaired) electrons. The molecule has 0 amide bonds. The third kappa shape index (κ3) is 3.54.